The lowest BCUT2D eigenvalue weighted by molar-refractivity contribution is 0.0628. The van der Waals surface area contributed by atoms with E-state index in [-0.39, 0.29) is 11.7 Å². The summed E-state index contributed by atoms with van der Waals surface area (Å²) in [6, 6.07) is 8.74. The molecule has 1 aliphatic heterocycles. The lowest BCUT2D eigenvalue weighted by atomic mass is 9.99. The van der Waals surface area contributed by atoms with Crippen molar-refractivity contribution >= 4 is 10.0 Å². The minimum absolute atomic E-state index is 0.0651. The van der Waals surface area contributed by atoms with Crippen molar-refractivity contribution in [3.63, 3.8) is 0 Å². The van der Waals surface area contributed by atoms with Crippen molar-refractivity contribution in [2.24, 2.45) is 5.92 Å². The maximum absolute atomic E-state index is 12.4. The Hall–Kier alpha value is -1.42. The largest absolute Gasteiger partial charge is 0.393 e. The van der Waals surface area contributed by atoms with Crippen molar-refractivity contribution in [1.29, 1.82) is 5.26 Å². The topological polar surface area (TPSA) is 81.4 Å². The van der Waals surface area contributed by atoms with Gasteiger partial charge in [0.05, 0.1) is 23.5 Å². The second-order valence-corrected chi connectivity index (χ2v) is 7.19. The zero-order chi connectivity index (χ0) is 14.8. The molecule has 1 aromatic rings. The highest BCUT2D eigenvalue weighted by Gasteiger charge is 2.31. The third kappa shape index (κ3) is 3.18. The van der Waals surface area contributed by atoms with Gasteiger partial charge in [-0.15, -0.1) is 0 Å². The van der Waals surface area contributed by atoms with Gasteiger partial charge in [0, 0.05) is 13.1 Å². The quantitative estimate of drug-likeness (QED) is 0.905. The van der Waals surface area contributed by atoms with Crippen LogP contribution in [-0.4, -0.2) is 37.0 Å². The highest BCUT2D eigenvalue weighted by Crippen LogP contribution is 2.22. The van der Waals surface area contributed by atoms with Gasteiger partial charge in [-0.05, 0) is 24.0 Å². The Morgan fingerprint density at radius 1 is 1.45 bits per heavy atom. The first-order valence-electron chi connectivity index (χ1n) is 6.58. The molecule has 0 amide bonds. The molecular weight excluding hydrogens is 276 g/mol. The lowest BCUT2D eigenvalue weighted by Crippen LogP contribution is -2.45. The van der Waals surface area contributed by atoms with Gasteiger partial charge in [0.1, 0.15) is 0 Å². The number of nitrogens with zero attached hydrogens (tertiary/aromatic N) is 2. The van der Waals surface area contributed by atoms with E-state index in [0.29, 0.717) is 30.6 Å². The van der Waals surface area contributed by atoms with E-state index in [1.165, 1.54) is 4.31 Å². The standard InChI is InChI=1S/C14H18N2O3S/c1-11-9-16(7-6-14(11)17)20(18,19)10-13-5-3-2-4-12(13)8-15/h2-5,11,14,17H,6-7,9-10H2,1H3. The molecule has 0 spiro atoms. The van der Waals surface area contributed by atoms with Crippen LogP contribution in [0.5, 0.6) is 0 Å². The first-order chi connectivity index (χ1) is 9.44. The van der Waals surface area contributed by atoms with E-state index in [9.17, 15) is 13.5 Å². The molecule has 5 nitrogen and oxygen atoms in total. The summed E-state index contributed by atoms with van der Waals surface area (Å²) in [6.07, 6.45) is 0.0214. The van der Waals surface area contributed by atoms with Gasteiger partial charge in [-0.2, -0.15) is 5.26 Å². The molecule has 108 valence electrons. The highest BCUT2D eigenvalue weighted by atomic mass is 32.2. The molecule has 1 heterocycles. The molecule has 0 aliphatic carbocycles. The highest BCUT2D eigenvalue weighted by molar-refractivity contribution is 7.88. The first kappa shape index (κ1) is 15.0. The summed E-state index contributed by atoms with van der Waals surface area (Å²) in [5, 5.41) is 18.7. The van der Waals surface area contributed by atoms with E-state index in [1.807, 2.05) is 13.0 Å². The molecule has 20 heavy (non-hydrogen) atoms. The summed E-state index contributed by atoms with van der Waals surface area (Å²) >= 11 is 0. The molecule has 6 heteroatoms. The van der Waals surface area contributed by atoms with Gasteiger partial charge in [-0.25, -0.2) is 12.7 Å². The van der Waals surface area contributed by atoms with Gasteiger partial charge in [0.25, 0.3) is 0 Å². The fourth-order valence-electron chi connectivity index (χ4n) is 2.39. The van der Waals surface area contributed by atoms with Crippen LogP contribution in [0.4, 0.5) is 0 Å². The number of sulfonamides is 1. The monoisotopic (exact) mass is 294 g/mol. The average Bonchev–Trinajstić information content (AvgIpc) is 2.42. The van der Waals surface area contributed by atoms with Crippen LogP contribution in [0.3, 0.4) is 0 Å². The predicted molar refractivity (Wildman–Crippen MR) is 75.1 cm³/mol. The van der Waals surface area contributed by atoms with Crippen molar-refractivity contribution in [1.82, 2.24) is 4.31 Å². The molecule has 1 N–H and O–H groups in total. The number of hydrogen-bond donors (Lipinski definition) is 1. The van der Waals surface area contributed by atoms with Crippen LogP contribution in [0.25, 0.3) is 0 Å². The molecule has 0 saturated carbocycles. The maximum Gasteiger partial charge on any atom is 0.218 e. The van der Waals surface area contributed by atoms with Gasteiger partial charge in [-0.1, -0.05) is 25.1 Å². The summed E-state index contributed by atoms with van der Waals surface area (Å²) in [6.45, 7) is 2.51. The number of aliphatic hydroxyl groups is 1. The van der Waals surface area contributed by atoms with Gasteiger partial charge in [-0.3, -0.25) is 0 Å². The normalized spacial score (nSPS) is 24.2. The van der Waals surface area contributed by atoms with Gasteiger partial charge in [0.2, 0.25) is 10.0 Å². The molecule has 0 aromatic heterocycles. The van der Waals surface area contributed by atoms with Crippen LogP contribution in [0.2, 0.25) is 0 Å². The summed E-state index contributed by atoms with van der Waals surface area (Å²) < 4.78 is 26.2. The maximum atomic E-state index is 12.4. The fourth-order valence-corrected chi connectivity index (χ4v) is 4.06. The van der Waals surface area contributed by atoms with Crippen LogP contribution < -0.4 is 0 Å². The van der Waals surface area contributed by atoms with E-state index in [0.717, 1.165) is 0 Å². The average molecular weight is 294 g/mol. The number of hydrogen-bond acceptors (Lipinski definition) is 4. The molecule has 2 rings (SSSR count). The summed E-state index contributed by atoms with van der Waals surface area (Å²) in [5.41, 5.74) is 0.912. The summed E-state index contributed by atoms with van der Waals surface area (Å²) in [5.74, 6) is -0.232. The number of rotatable bonds is 3. The smallest absolute Gasteiger partial charge is 0.218 e. The Morgan fingerprint density at radius 3 is 2.80 bits per heavy atom. The van der Waals surface area contributed by atoms with E-state index < -0.39 is 16.1 Å². The second-order valence-electron chi connectivity index (χ2n) is 5.22. The summed E-state index contributed by atoms with van der Waals surface area (Å²) in [4.78, 5) is 0. The van der Waals surface area contributed by atoms with E-state index in [1.54, 1.807) is 24.3 Å². The zero-order valence-electron chi connectivity index (χ0n) is 11.4. The number of aliphatic hydroxyl groups excluding tert-OH is 1. The predicted octanol–water partition coefficient (Wildman–Crippen LogP) is 1.09. The van der Waals surface area contributed by atoms with Gasteiger partial charge in [0.15, 0.2) is 0 Å². The molecule has 1 aromatic carbocycles. The SMILES string of the molecule is CC1CN(S(=O)(=O)Cc2ccccc2C#N)CCC1O. The van der Waals surface area contributed by atoms with Crippen molar-refractivity contribution < 1.29 is 13.5 Å². The number of benzene rings is 1. The van der Waals surface area contributed by atoms with E-state index in [2.05, 4.69) is 0 Å². The van der Waals surface area contributed by atoms with Crippen molar-refractivity contribution in [3.8, 4) is 6.07 Å². The molecule has 1 saturated heterocycles. The minimum atomic E-state index is -3.45. The fraction of sp³-hybridized carbons (Fsp3) is 0.500. The first-order valence-corrected chi connectivity index (χ1v) is 8.19. The van der Waals surface area contributed by atoms with Crippen LogP contribution in [0.1, 0.15) is 24.5 Å². The van der Waals surface area contributed by atoms with Crippen molar-refractivity contribution in [2.75, 3.05) is 13.1 Å². The Morgan fingerprint density at radius 2 is 2.15 bits per heavy atom. The summed E-state index contributed by atoms with van der Waals surface area (Å²) in [7, 11) is -3.45. The Labute approximate surface area is 119 Å². The van der Waals surface area contributed by atoms with Gasteiger partial charge < -0.3 is 5.11 Å². The molecule has 2 atom stereocenters. The Bertz CT molecular complexity index is 622. The number of piperidine rings is 1. The Balaban J connectivity index is 2.18. The molecule has 1 aliphatic rings. The second kappa shape index (κ2) is 5.92. The van der Waals surface area contributed by atoms with Crippen LogP contribution in [-0.2, 0) is 15.8 Å². The molecular formula is C14H18N2O3S. The molecule has 0 bridgehead atoms. The zero-order valence-corrected chi connectivity index (χ0v) is 12.2. The van der Waals surface area contributed by atoms with Crippen molar-refractivity contribution in [2.45, 2.75) is 25.2 Å². The van der Waals surface area contributed by atoms with Crippen LogP contribution >= 0.6 is 0 Å². The number of nitriles is 1. The third-order valence-electron chi connectivity index (χ3n) is 3.69. The van der Waals surface area contributed by atoms with Gasteiger partial charge >= 0.3 is 0 Å². The molecule has 0 radical (unpaired) electrons. The van der Waals surface area contributed by atoms with Crippen molar-refractivity contribution in [3.05, 3.63) is 35.4 Å². The molecule has 2 unspecified atom stereocenters. The van der Waals surface area contributed by atoms with Crippen LogP contribution in [0, 0.1) is 17.2 Å². The van der Waals surface area contributed by atoms with Crippen LogP contribution in [0.15, 0.2) is 24.3 Å². The third-order valence-corrected chi connectivity index (χ3v) is 5.49. The van der Waals surface area contributed by atoms with E-state index >= 15 is 0 Å². The van der Waals surface area contributed by atoms with E-state index in [4.69, 9.17) is 5.26 Å². The lowest BCUT2D eigenvalue weighted by Gasteiger charge is -2.33. The Kier molecular flexibility index (Phi) is 4.43. The molecule has 1 fully saturated rings. The minimum Gasteiger partial charge on any atom is -0.393 e.